The minimum atomic E-state index is -0.0203. The predicted octanol–water partition coefficient (Wildman–Crippen LogP) is 3.82. The maximum Gasteiger partial charge on any atom is 0.125 e. The molecule has 0 saturated heterocycles. The van der Waals surface area contributed by atoms with Gasteiger partial charge in [0, 0.05) is 41.9 Å². The summed E-state index contributed by atoms with van der Waals surface area (Å²) in [6.45, 7) is 5.98. The lowest BCUT2D eigenvalue weighted by molar-refractivity contribution is -0.135. The van der Waals surface area contributed by atoms with Gasteiger partial charge in [-0.25, -0.2) is 0 Å². The van der Waals surface area contributed by atoms with Crippen LogP contribution in [0.3, 0.4) is 0 Å². The number of hydrogen-bond acceptors (Lipinski definition) is 3. The zero-order valence-corrected chi connectivity index (χ0v) is 13.7. The van der Waals surface area contributed by atoms with Gasteiger partial charge in [0.1, 0.15) is 11.4 Å². The zero-order chi connectivity index (χ0) is 14.2. The molecule has 1 fully saturated rings. The Kier molecular flexibility index (Phi) is 4.07. The van der Waals surface area contributed by atoms with Gasteiger partial charge < -0.3 is 14.8 Å². The quantitative estimate of drug-likeness (QED) is 0.904. The van der Waals surface area contributed by atoms with E-state index in [2.05, 4.69) is 53.3 Å². The van der Waals surface area contributed by atoms with Gasteiger partial charge >= 0.3 is 0 Å². The number of hydrogen-bond donors (Lipinski definition) is 1. The average Bonchev–Trinajstić information content (AvgIpc) is 2.38. The van der Waals surface area contributed by atoms with E-state index in [1.807, 2.05) is 0 Å². The van der Waals surface area contributed by atoms with Gasteiger partial charge in [0.2, 0.25) is 0 Å². The molecule has 110 valence electrons. The van der Waals surface area contributed by atoms with Crippen LogP contribution in [-0.4, -0.2) is 24.9 Å². The average molecular weight is 340 g/mol. The van der Waals surface area contributed by atoms with Gasteiger partial charge in [0.25, 0.3) is 0 Å². The van der Waals surface area contributed by atoms with E-state index < -0.39 is 0 Å². The van der Waals surface area contributed by atoms with Crippen molar-refractivity contribution < 1.29 is 9.47 Å². The first-order chi connectivity index (χ1) is 9.65. The standard InChI is InChI=1S/C16H22BrNO2/c1-3-18-14-10-16(8-12(9-16)19-4-2)20-15-6-5-11(17)7-13(14)15/h5-7,12,14,18H,3-4,8-10H2,1-2H3. The third-order valence-electron chi connectivity index (χ3n) is 4.30. The lowest BCUT2D eigenvalue weighted by atomic mass is 9.71. The van der Waals surface area contributed by atoms with Gasteiger partial charge in [-0.1, -0.05) is 22.9 Å². The first-order valence-electron chi connectivity index (χ1n) is 7.49. The van der Waals surface area contributed by atoms with E-state index in [4.69, 9.17) is 9.47 Å². The Balaban J connectivity index is 1.81. The van der Waals surface area contributed by atoms with Gasteiger partial charge in [0.05, 0.1) is 6.10 Å². The first kappa shape index (κ1) is 14.4. The number of rotatable bonds is 4. The lowest BCUT2D eigenvalue weighted by Gasteiger charge is -2.51. The minimum Gasteiger partial charge on any atom is -0.487 e. The largest absolute Gasteiger partial charge is 0.487 e. The molecule has 0 bridgehead atoms. The highest BCUT2D eigenvalue weighted by Gasteiger charge is 2.51. The van der Waals surface area contributed by atoms with Crippen molar-refractivity contribution in [2.75, 3.05) is 13.2 Å². The molecule has 3 rings (SSSR count). The van der Waals surface area contributed by atoms with Crippen molar-refractivity contribution >= 4 is 15.9 Å². The molecule has 1 N–H and O–H groups in total. The fourth-order valence-corrected chi connectivity index (χ4v) is 3.82. The van der Waals surface area contributed by atoms with Crippen LogP contribution in [0.2, 0.25) is 0 Å². The van der Waals surface area contributed by atoms with E-state index in [9.17, 15) is 0 Å². The van der Waals surface area contributed by atoms with Crippen LogP contribution in [0.4, 0.5) is 0 Å². The van der Waals surface area contributed by atoms with Crippen LogP contribution in [0.25, 0.3) is 0 Å². The van der Waals surface area contributed by atoms with Gasteiger partial charge in [-0.05, 0) is 31.7 Å². The third-order valence-corrected chi connectivity index (χ3v) is 4.80. The number of ether oxygens (including phenoxy) is 2. The summed E-state index contributed by atoms with van der Waals surface area (Å²) in [6, 6.07) is 6.69. The molecule has 1 aromatic carbocycles. The van der Waals surface area contributed by atoms with Crippen LogP contribution in [0, 0.1) is 0 Å². The van der Waals surface area contributed by atoms with E-state index >= 15 is 0 Å². The highest BCUT2D eigenvalue weighted by atomic mass is 79.9. The Morgan fingerprint density at radius 1 is 1.35 bits per heavy atom. The van der Waals surface area contributed by atoms with Crippen molar-refractivity contribution in [1.29, 1.82) is 0 Å². The summed E-state index contributed by atoms with van der Waals surface area (Å²) < 4.78 is 13.1. The topological polar surface area (TPSA) is 30.5 Å². The Morgan fingerprint density at radius 3 is 2.85 bits per heavy atom. The monoisotopic (exact) mass is 339 g/mol. The Morgan fingerprint density at radius 2 is 2.15 bits per heavy atom. The molecule has 4 heteroatoms. The van der Waals surface area contributed by atoms with Gasteiger partial charge in [-0.3, -0.25) is 0 Å². The number of benzene rings is 1. The van der Waals surface area contributed by atoms with Crippen LogP contribution < -0.4 is 10.1 Å². The van der Waals surface area contributed by atoms with Crippen molar-refractivity contribution in [3.05, 3.63) is 28.2 Å². The van der Waals surface area contributed by atoms with Gasteiger partial charge in [-0.15, -0.1) is 0 Å². The van der Waals surface area contributed by atoms with Crippen molar-refractivity contribution in [3.8, 4) is 5.75 Å². The van der Waals surface area contributed by atoms with Gasteiger partial charge in [0.15, 0.2) is 0 Å². The van der Waals surface area contributed by atoms with Crippen LogP contribution in [0.5, 0.6) is 5.75 Å². The van der Waals surface area contributed by atoms with Crippen LogP contribution >= 0.6 is 15.9 Å². The maximum atomic E-state index is 6.32. The highest BCUT2D eigenvalue weighted by Crippen LogP contribution is 2.50. The van der Waals surface area contributed by atoms with Crippen molar-refractivity contribution in [1.82, 2.24) is 5.32 Å². The molecule has 0 radical (unpaired) electrons. The minimum absolute atomic E-state index is 0.0203. The second-order valence-corrected chi connectivity index (χ2v) is 6.68. The Hall–Kier alpha value is -0.580. The summed E-state index contributed by atoms with van der Waals surface area (Å²) in [5, 5.41) is 3.60. The van der Waals surface area contributed by atoms with E-state index in [-0.39, 0.29) is 5.60 Å². The molecule has 1 unspecified atom stereocenters. The molecule has 1 heterocycles. The fourth-order valence-electron chi connectivity index (χ4n) is 3.44. The van der Waals surface area contributed by atoms with Gasteiger partial charge in [-0.2, -0.15) is 0 Å². The predicted molar refractivity (Wildman–Crippen MR) is 83.2 cm³/mol. The molecule has 1 atom stereocenters. The van der Waals surface area contributed by atoms with Crippen LogP contribution in [0.1, 0.15) is 44.7 Å². The SMILES string of the molecule is CCNC1CC2(CC(OCC)C2)Oc2ccc(Br)cc21. The summed E-state index contributed by atoms with van der Waals surface area (Å²) in [5.74, 6) is 1.03. The highest BCUT2D eigenvalue weighted by molar-refractivity contribution is 9.10. The molecular weight excluding hydrogens is 318 g/mol. The first-order valence-corrected chi connectivity index (χ1v) is 8.28. The molecule has 0 amide bonds. The normalized spacial score (nSPS) is 31.6. The zero-order valence-electron chi connectivity index (χ0n) is 12.1. The maximum absolute atomic E-state index is 6.32. The Bertz CT molecular complexity index is 485. The van der Waals surface area contributed by atoms with Crippen molar-refractivity contribution in [2.45, 2.75) is 50.9 Å². The molecule has 1 aromatic rings. The third kappa shape index (κ3) is 2.61. The molecule has 1 saturated carbocycles. The van der Waals surface area contributed by atoms with Crippen molar-refractivity contribution in [2.24, 2.45) is 0 Å². The van der Waals surface area contributed by atoms with Crippen molar-refractivity contribution in [3.63, 3.8) is 0 Å². The molecule has 0 aromatic heterocycles. The molecule has 1 aliphatic carbocycles. The number of nitrogens with one attached hydrogen (secondary N) is 1. The summed E-state index contributed by atoms with van der Waals surface area (Å²) in [4.78, 5) is 0. The van der Waals surface area contributed by atoms with E-state index in [1.165, 1.54) is 5.56 Å². The lowest BCUT2D eigenvalue weighted by Crippen LogP contribution is -2.56. The smallest absolute Gasteiger partial charge is 0.125 e. The molecular formula is C16H22BrNO2. The summed E-state index contributed by atoms with van der Waals surface area (Å²) in [7, 11) is 0. The van der Waals surface area contributed by atoms with E-state index in [0.29, 0.717) is 12.1 Å². The molecule has 1 spiro atoms. The van der Waals surface area contributed by atoms with Crippen LogP contribution in [0.15, 0.2) is 22.7 Å². The molecule has 3 nitrogen and oxygen atoms in total. The second kappa shape index (κ2) is 5.66. The van der Waals surface area contributed by atoms with Crippen LogP contribution in [-0.2, 0) is 4.74 Å². The molecule has 2 aliphatic rings. The summed E-state index contributed by atoms with van der Waals surface area (Å²) >= 11 is 3.56. The second-order valence-electron chi connectivity index (χ2n) is 5.77. The van der Waals surface area contributed by atoms with E-state index in [0.717, 1.165) is 42.6 Å². The molecule has 1 aliphatic heterocycles. The molecule has 20 heavy (non-hydrogen) atoms. The fraction of sp³-hybridized carbons (Fsp3) is 0.625. The summed E-state index contributed by atoms with van der Waals surface area (Å²) in [5.41, 5.74) is 1.25. The Labute approximate surface area is 129 Å². The summed E-state index contributed by atoms with van der Waals surface area (Å²) in [6.07, 6.45) is 3.43. The number of fused-ring (bicyclic) bond motifs is 1. The van der Waals surface area contributed by atoms with E-state index in [1.54, 1.807) is 0 Å². The number of halogens is 1.